The number of benzene rings is 1. The zero-order chi connectivity index (χ0) is 12.4. The van der Waals surface area contributed by atoms with Crippen LogP contribution in [-0.2, 0) is 14.3 Å². The number of halogens is 1. The lowest BCUT2D eigenvalue weighted by Gasteiger charge is -2.30. The average Bonchev–Trinajstić information content (AvgIpc) is 2.28. The Bertz CT molecular complexity index is 428. The van der Waals surface area contributed by atoms with Crippen LogP contribution in [0.25, 0.3) is 0 Å². The standard InChI is InChI=1S/C12H12FNO3/c1-8(9-2-4-10(13)5-3-9)14-6-11(15)17-12(16)7-14/h2-5,8H,6-7H2,1H3. The van der Waals surface area contributed by atoms with Gasteiger partial charge in [0.1, 0.15) is 5.82 Å². The maximum absolute atomic E-state index is 12.8. The molecule has 1 unspecified atom stereocenters. The predicted molar refractivity (Wildman–Crippen MR) is 57.5 cm³/mol. The van der Waals surface area contributed by atoms with Crippen molar-refractivity contribution in [2.24, 2.45) is 0 Å². The molecule has 0 spiro atoms. The first-order valence-electron chi connectivity index (χ1n) is 5.29. The largest absolute Gasteiger partial charge is 0.391 e. The van der Waals surface area contributed by atoms with E-state index in [9.17, 15) is 14.0 Å². The third-order valence-corrected chi connectivity index (χ3v) is 2.79. The van der Waals surface area contributed by atoms with E-state index in [1.54, 1.807) is 17.0 Å². The van der Waals surface area contributed by atoms with Crippen molar-refractivity contribution in [2.45, 2.75) is 13.0 Å². The van der Waals surface area contributed by atoms with Crippen molar-refractivity contribution >= 4 is 11.9 Å². The molecule has 17 heavy (non-hydrogen) atoms. The van der Waals surface area contributed by atoms with E-state index < -0.39 is 11.9 Å². The molecule has 0 saturated carbocycles. The molecule has 1 aromatic carbocycles. The van der Waals surface area contributed by atoms with E-state index in [1.807, 2.05) is 6.92 Å². The van der Waals surface area contributed by atoms with E-state index in [0.717, 1.165) is 5.56 Å². The topological polar surface area (TPSA) is 46.6 Å². The molecule has 0 aromatic heterocycles. The summed E-state index contributed by atoms with van der Waals surface area (Å²) in [5.74, 6) is -1.40. The molecule has 90 valence electrons. The van der Waals surface area contributed by atoms with Crippen molar-refractivity contribution in [1.29, 1.82) is 0 Å². The molecule has 1 atom stereocenters. The summed E-state index contributed by atoms with van der Waals surface area (Å²) in [6, 6.07) is 5.87. The molecule has 4 nitrogen and oxygen atoms in total. The van der Waals surface area contributed by atoms with Gasteiger partial charge in [-0.3, -0.25) is 14.5 Å². The summed E-state index contributed by atoms with van der Waals surface area (Å²) >= 11 is 0. The van der Waals surface area contributed by atoms with Crippen molar-refractivity contribution in [3.8, 4) is 0 Å². The van der Waals surface area contributed by atoms with Gasteiger partial charge in [0.2, 0.25) is 0 Å². The van der Waals surface area contributed by atoms with E-state index in [2.05, 4.69) is 4.74 Å². The first-order chi connectivity index (χ1) is 8.06. The molecule has 0 aliphatic carbocycles. The Labute approximate surface area is 98.0 Å². The summed E-state index contributed by atoms with van der Waals surface area (Å²) in [5.41, 5.74) is 0.855. The van der Waals surface area contributed by atoms with E-state index in [4.69, 9.17) is 0 Å². The summed E-state index contributed by atoms with van der Waals surface area (Å²) < 4.78 is 17.2. The number of hydrogen-bond acceptors (Lipinski definition) is 4. The van der Waals surface area contributed by atoms with Crippen LogP contribution in [0.4, 0.5) is 4.39 Å². The lowest BCUT2D eigenvalue weighted by molar-refractivity contribution is -0.167. The number of nitrogens with zero attached hydrogens (tertiary/aromatic N) is 1. The molecule has 1 aromatic rings. The fraction of sp³-hybridized carbons (Fsp3) is 0.333. The van der Waals surface area contributed by atoms with Crippen LogP contribution in [0.2, 0.25) is 0 Å². The van der Waals surface area contributed by atoms with Crippen molar-refractivity contribution in [3.05, 3.63) is 35.6 Å². The van der Waals surface area contributed by atoms with E-state index in [1.165, 1.54) is 12.1 Å². The Morgan fingerprint density at radius 2 is 1.71 bits per heavy atom. The van der Waals surface area contributed by atoms with E-state index in [-0.39, 0.29) is 24.9 Å². The van der Waals surface area contributed by atoms with Gasteiger partial charge < -0.3 is 4.74 Å². The van der Waals surface area contributed by atoms with Gasteiger partial charge in [-0.25, -0.2) is 4.39 Å². The summed E-state index contributed by atoms with van der Waals surface area (Å²) in [6.45, 7) is 2.01. The zero-order valence-corrected chi connectivity index (χ0v) is 9.35. The first-order valence-corrected chi connectivity index (χ1v) is 5.29. The first kappa shape index (κ1) is 11.7. The van der Waals surface area contributed by atoms with Crippen LogP contribution in [0.15, 0.2) is 24.3 Å². The Morgan fingerprint density at radius 1 is 1.18 bits per heavy atom. The molecule has 1 heterocycles. The summed E-state index contributed by atoms with van der Waals surface area (Å²) in [5, 5.41) is 0. The second-order valence-corrected chi connectivity index (χ2v) is 3.98. The highest BCUT2D eigenvalue weighted by Gasteiger charge is 2.28. The SMILES string of the molecule is CC(c1ccc(F)cc1)N1CC(=O)OC(=O)C1. The molecule has 0 amide bonds. The Balaban J connectivity index is 2.13. The molecule has 0 radical (unpaired) electrons. The fourth-order valence-corrected chi connectivity index (χ4v) is 1.81. The van der Waals surface area contributed by atoms with Gasteiger partial charge in [0.25, 0.3) is 0 Å². The molecule has 1 fully saturated rings. The third kappa shape index (κ3) is 2.68. The van der Waals surface area contributed by atoms with Gasteiger partial charge in [-0.05, 0) is 24.6 Å². The fourth-order valence-electron chi connectivity index (χ4n) is 1.81. The van der Waals surface area contributed by atoms with Gasteiger partial charge in [0.15, 0.2) is 0 Å². The average molecular weight is 237 g/mol. The molecular weight excluding hydrogens is 225 g/mol. The Kier molecular flexibility index (Phi) is 3.19. The van der Waals surface area contributed by atoms with Gasteiger partial charge in [-0.2, -0.15) is 0 Å². The minimum absolute atomic E-state index is 0.0737. The smallest absolute Gasteiger partial charge is 0.327 e. The van der Waals surface area contributed by atoms with Crippen LogP contribution < -0.4 is 0 Å². The number of morpholine rings is 1. The number of cyclic esters (lactones) is 2. The second kappa shape index (κ2) is 4.63. The van der Waals surface area contributed by atoms with E-state index in [0.29, 0.717) is 0 Å². The van der Waals surface area contributed by atoms with Gasteiger partial charge in [0.05, 0.1) is 13.1 Å². The maximum atomic E-state index is 12.8. The minimum Gasteiger partial charge on any atom is -0.391 e. The normalized spacial score (nSPS) is 18.9. The number of ether oxygens (including phenoxy) is 1. The van der Waals surface area contributed by atoms with Crippen molar-refractivity contribution in [3.63, 3.8) is 0 Å². The van der Waals surface area contributed by atoms with Crippen molar-refractivity contribution in [2.75, 3.05) is 13.1 Å². The van der Waals surface area contributed by atoms with Crippen LogP contribution in [0.5, 0.6) is 0 Å². The van der Waals surface area contributed by atoms with Crippen molar-refractivity contribution < 1.29 is 18.7 Å². The van der Waals surface area contributed by atoms with Gasteiger partial charge in [-0.1, -0.05) is 12.1 Å². The van der Waals surface area contributed by atoms with Gasteiger partial charge in [-0.15, -0.1) is 0 Å². The highest BCUT2D eigenvalue weighted by atomic mass is 19.1. The summed E-state index contributed by atoms with van der Waals surface area (Å²) in [7, 11) is 0. The lowest BCUT2D eigenvalue weighted by atomic mass is 10.1. The minimum atomic E-state index is -0.546. The molecule has 2 rings (SSSR count). The van der Waals surface area contributed by atoms with E-state index >= 15 is 0 Å². The zero-order valence-electron chi connectivity index (χ0n) is 9.35. The number of carbonyl (C=O) groups excluding carboxylic acids is 2. The Morgan fingerprint density at radius 3 is 2.24 bits per heavy atom. The second-order valence-electron chi connectivity index (χ2n) is 3.98. The molecule has 1 aliphatic heterocycles. The number of carbonyl (C=O) groups is 2. The maximum Gasteiger partial charge on any atom is 0.327 e. The number of rotatable bonds is 2. The Hall–Kier alpha value is -1.75. The van der Waals surface area contributed by atoms with Crippen LogP contribution in [0, 0.1) is 5.82 Å². The monoisotopic (exact) mass is 237 g/mol. The predicted octanol–water partition coefficient (Wildman–Crippen LogP) is 1.27. The highest BCUT2D eigenvalue weighted by Crippen LogP contribution is 2.21. The quantitative estimate of drug-likeness (QED) is 0.574. The van der Waals surface area contributed by atoms with Crippen LogP contribution in [0.3, 0.4) is 0 Å². The molecule has 5 heteroatoms. The number of hydrogen-bond donors (Lipinski definition) is 0. The molecular formula is C12H12FNO3. The molecule has 1 saturated heterocycles. The molecule has 1 aliphatic rings. The highest BCUT2D eigenvalue weighted by molar-refractivity contribution is 5.90. The number of esters is 2. The third-order valence-electron chi connectivity index (χ3n) is 2.79. The molecule has 0 N–H and O–H groups in total. The van der Waals surface area contributed by atoms with Crippen LogP contribution >= 0.6 is 0 Å². The van der Waals surface area contributed by atoms with Crippen LogP contribution in [0.1, 0.15) is 18.5 Å². The lowest BCUT2D eigenvalue weighted by Crippen LogP contribution is -2.43. The van der Waals surface area contributed by atoms with Gasteiger partial charge >= 0.3 is 11.9 Å². The summed E-state index contributed by atoms with van der Waals surface area (Å²) in [6.07, 6.45) is 0. The molecule has 0 bridgehead atoms. The summed E-state index contributed by atoms with van der Waals surface area (Å²) in [4.78, 5) is 24.0. The van der Waals surface area contributed by atoms with Crippen molar-refractivity contribution in [1.82, 2.24) is 4.90 Å². The van der Waals surface area contributed by atoms with Gasteiger partial charge in [0, 0.05) is 6.04 Å². The van der Waals surface area contributed by atoms with Crippen LogP contribution in [-0.4, -0.2) is 29.9 Å².